The van der Waals surface area contributed by atoms with E-state index in [9.17, 15) is 9.18 Å². The lowest BCUT2D eigenvalue weighted by Crippen LogP contribution is -2.29. The van der Waals surface area contributed by atoms with Crippen molar-refractivity contribution >= 4 is 5.91 Å². The highest BCUT2D eigenvalue weighted by Gasteiger charge is 2.17. The zero-order valence-corrected chi connectivity index (χ0v) is 16.5. The van der Waals surface area contributed by atoms with Crippen LogP contribution in [0.5, 0.6) is 11.5 Å². The van der Waals surface area contributed by atoms with E-state index >= 15 is 0 Å². The van der Waals surface area contributed by atoms with E-state index in [1.807, 2.05) is 54.6 Å². The first-order chi connectivity index (χ1) is 14.1. The number of amides is 1. The van der Waals surface area contributed by atoms with Gasteiger partial charge in [-0.25, -0.2) is 4.39 Å². The summed E-state index contributed by atoms with van der Waals surface area (Å²) in [7, 11) is 3.04. The second-order valence-electron chi connectivity index (χ2n) is 6.65. The maximum absolute atomic E-state index is 13.9. The molecule has 29 heavy (non-hydrogen) atoms. The third kappa shape index (κ3) is 5.35. The first-order valence-electron chi connectivity index (χ1n) is 9.41. The quantitative estimate of drug-likeness (QED) is 0.604. The lowest BCUT2D eigenvalue weighted by Gasteiger charge is -2.20. The van der Waals surface area contributed by atoms with E-state index in [0.29, 0.717) is 6.42 Å². The highest BCUT2D eigenvalue weighted by molar-refractivity contribution is 5.77. The summed E-state index contributed by atoms with van der Waals surface area (Å²) >= 11 is 0. The molecule has 4 nitrogen and oxygen atoms in total. The fourth-order valence-electron chi connectivity index (χ4n) is 3.16. The Morgan fingerprint density at radius 1 is 0.931 bits per heavy atom. The number of ether oxygens (including phenoxy) is 2. The van der Waals surface area contributed by atoms with E-state index in [1.54, 1.807) is 19.2 Å². The smallest absolute Gasteiger partial charge is 0.221 e. The molecule has 0 aliphatic carbocycles. The first-order valence-corrected chi connectivity index (χ1v) is 9.41. The van der Waals surface area contributed by atoms with Crippen LogP contribution in [0.3, 0.4) is 0 Å². The van der Waals surface area contributed by atoms with Crippen LogP contribution in [0.2, 0.25) is 0 Å². The van der Waals surface area contributed by atoms with Crippen molar-refractivity contribution in [1.29, 1.82) is 0 Å². The van der Waals surface area contributed by atoms with Crippen LogP contribution in [0, 0.1) is 5.82 Å². The Morgan fingerprint density at radius 3 is 2.24 bits per heavy atom. The van der Waals surface area contributed by atoms with Crippen LogP contribution < -0.4 is 14.8 Å². The molecule has 0 fully saturated rings. The van der Waals surface area contributed by atoms with Crippen LogP contribution in [0.1, 0.15) is 29.2 Å². The number of aryl methyl sites for hydroxylation is 1. The molecule has 0 spiro atoms. The Labute approximate surface area is 170 Å². The van der Waals surface area contributed by atoms with Crippen LogP contribution in [-0.4, -0.2) is 20.1 Å². The molecule has 0 bridgehead atoms. The molecule has 1 unspecified atom stereocenters. The highest BCUT2D eigenvalue weighted by atomic mass is 19.1. The molecule has 3 aromatic rings. The number of carbonyl (C=O) groups is 1. The predicted octanol–water partition coefficient (Wildman–Crippen LogP) is 4.68. The SMILES string of the molecule is COc1ccc(C(NC(=O)CCc2ccc(OC)c(F)c2)c2ccccc2)cc1. The molecule has 0 heterocycles. The van der Waals surface area contributed by atoms with Crippen molar-refractivity contribution in [2.24, 2.45) is 0 Å². The van der Waals surface area contributed by atoms with Crippen molar-refractivity contribution in [2.45, 2.75) is 18.9 Å². The molecule has 3 aromatic carbocycles. The van der Waals surface area contributed by atoms with Crippen molar-refractivity contribution in [1.82, 2.24) is 5.32 Å². The average Bonchev–Trinajstić information content (AvgIpc) is 2.77. The Morgan fingerprint density at radius 2 is 1.62 bits per heavy atom. The van der Waals surface area contributed by atoms with Gasteiger partial charge in [0.1, 0.15) is 5.75 Å². The summed E-state index contributed by atoms with van der Waals surface area (Å²) < 4.78 is 24.0. The van der Waals surface area contributed by atoms with Crippen molar-refractivity contribution < 1.29 is 18.7 Å². The van der Waals surface area contributed by atoms with E-state index in [4.69, 9.17) is 9.47 Å². The summed E-state index contributed by atoms with van der Waals surface area (Å²) in [5, 5.41) is 3.10. The highest BCUT2D eigenvalue weighted by Crippen LogP contribution is 2.24. The van der Waals surface area contributed by atoms with Crippen molar-refractivity contribution in [3.05, 3.63) is 95.3 Å². The molecule has 0 radical (unpaired) electrons. The monoisotopic (exact) mass is 393 g/mol. The molecule has 0 saturated carbocycles. The lowest BCUT2D eigenvalue weighted by molar-refractivity contribution is -0.121. The number of benzene rings is 3. The molecule has 0 aliphatic rings. The normalized spacial score (nSPS) is 11.6. The molecule has 0 aromatic heterocycles. The summed E-state index contributed by atoms with van der Waals surface area (Å²) in [6, 6.07) is 21.9. The van der Waals surface area contributed by atoms with Gasteiger partial charge in [-0.2, -0.15) is 0 Å². The molecule has 1 amide bonds. The predicted molar refractivity (Wildman–Crippen MR) is 111 cm³/mol. The first kappa shape index (κ1) is 20.4. The maximum atomic E-state index is 13.9. The summed E-state index contributed by atoms with van der Waals surface area (Å²) in [5.74, 6) is 0.423. The molecule has 3 rings (SSSR count). The molecule has 5 heteroatoms. The van der Waals surface area contributed by atoms with Gasteiger partial charge < -0.3 is 14.8 Å². The minimum Gasteiger partial charge on any atom is -0.497 e. The standard InChI is InChI=1S/C24H24FNO3/c1-28-20-12-10-19(11-13-20)24(18-6-4-3-5-7-18)26-23(27)15-9-17-8-14-22(29-2)21(25)16-17/h3-8,10-14,16,24H,9,15H2,1-2H3,(H,26,27). The number of methoxy groups -OCH3 is 2. The Balaban J connectivity index is 1.71. The maximum Gasteiger partial charge on any atom is 0.221 e. The van der Waals surface area contributed by atoms with Gasteiger partial charge in [0.2, 0.25) is 5.91 Å². The molecule has 0 saturated heterocycles. The van der Waals surface area contributed by atoms with Gasteiger partial charge in [-0.1, -0.05) is 48.5 Å². The molecular formula is C24H24FNO3. The zero-order valence-electron chi connectivity index (χ0n) is 16.5. The van der Waals surface area contributed by atoms with E-state index in [1.165, 1.54) is 13.2 Å². The van der Waals surface area contributed by atoms with Crippen molar-refractivity contribution in [2.75, 3.05) is 14.2 Å². The Hall–Kier alpha value is -3.34. The molecule has 1 N–H and O–H groups in total. The van der Waals surface area contributed by atoms with Gasteiger partial charge in [-0.05, 0) is 47.4 Å². The van der Waals surface area contributed by atoms with Gasteiger partial charge in [0, 0.05) is 6.42 Å². The van der Waals surface area contributed by atoms with E-state index < -0.39 is 5.82 Å². The summed E-state index contributed by atoms with van der Waals surface area (Å²) in [4.78, 5) is 12.7. The third-order valence-electron chi connectivity index (χ3n) is 4.74. The number of hydrogen-bond acceptors (Lipinski definition) is 3. The molecular weight excluding hydrogens is 369 g/mol. The summed E-state index contributed by atoms with van der Waals surface area (Å²) in [6.45, 7) is 0. The van der Waals surface area contributed by atoms with Gasteiger partial charge >= 0.3 is 0 Å². The number of hydrogen-bond donors (Lipinski definition) is 1. The molecule has 1 atom stereocenters. The Kier molecular flexibility index (Phi) is 6.85. The van der Waals surface area contributed by atoms with Gasteiger partial charge in [0.05, 0.1) is 20.3 Å². The van der Waals surface area contributed by atoms with Crippen LogP contribution in [0.4, 0.5) is 4.39 Å². The number of carbonyl (C=O) groups excluding carboxylic acids is 1. The van der Waals surface area contributed by atoms with Crippen LogP contribution in [0.15, 0.2) is 72.8 Å². The van der Waals surface area contributed by atoms with Gasteiger partial charge in [-0.15, -0.1) is 0 Å². The van der Waals surface area contributed by atoms with Crippen LogP contribution in [-0.2, 0) is 11.2 Å². The van der Waals surface area contributed by atoms with Crippen molar-refractivity contribution in [3.63, 3.8) is 0 Å². The molecule has 150 valence electrons. The fraction of sp³-hybridized carbons (Fsp3) is 0.208. The van der Waals surface area contributed by atoms with Gasteiger partial charge in [-0.3, -0.25) is 4.79 Å². The van der Waals surface area contributed by atoms with E-state index in [0.717, 1.165) is 22.4 Å². The van der Waals surface area contributed by atoms with E-state index in [2.05, 4.69) is 5.32 Å². The number of nitrogens with one attached hydrogen (secondary N) is 1. The van der Waals surface area contributed by atoms with Gasteiger partial charge in [0.25, 0.3) is 0 Å². The van der Waals surface area contributed by atoms with Crippen LogP contribution >= 0.6 is 0 Å². The number of rotatable bonds is 8. The van der Waals surface area contributed by atoms with E-state index in [-0.39, 0.29) is 24.1 Å². The number of halogens is 1. The lowest BCUT2D eigenvalue weighted by atomic mass is 9.98. The van der Waals surface area contributed by atoms with Crippen molar-refractivity contribution in [3.8, 4) is 11.5 Å². The second kappa shape index (κ2) is 9.73. The average molecular weight is 393 g/mol. The summed E-state index contributed by atoms with van der Waals surface area (Å²) in [6.07, 6.45) is 0.697. The van der Waals surface area contributed by atoms with Crippen LogP contribution in [0.25, 0.3) is 0 Å². The Bertz CT molecular complexity index is 942. The third-order valence-corrected chi connectivity index (χ3v) is 4.74. The second-order valence-corrected chi connectivity index (χ2v) is 6.65. The zero-order chi connectivity index (χ0) is 20.6. The fourth-order valence-corrected chi connectivity index (χ4v) is 3.16. The molecule has 0 aliphatic heterocycles. The minimum atomic E-state index is -0.425. The van der Waals surface area contributed by atoms with Gasteiger partial charge in [0.15, 0.2) is 11.6 Å². The summed E-state index contributed by atoms with van der Waals surface area (Å²) in [5.41, 5.74) is 2.70. The topological polar surface area (TPSA) is 47.6 Å². The largest absolute Gasteiger partial charge is 0.497 e. The minimum absolute atomic E-state index is 0.106.